The predicted molar refractivity (Wildman–Crippen MR) is 101 cm³/mol. The molecule has 1 aromatic carbocycles. The molecule has 138 valence electrons. The van der Waals surface area contributed by atoms with Crippen LogP contribution in [0, 0.1) is 20.8 Å². The fraction of sp³-hybridized carbons (Fsp3) is 0.429. The number of hydrogen-bond donors (Lipinski definition) is 1. The molecule has 5 heteroatoms. The number of nitrogens with one attached hydrogen (secondary N) is 1. The van der Waals surface area contributed by atoms with Crippen molar-refractivity contribution in [2.24, 2.45) is 0 Å². The zero-order chi connectivity index (χ0) is 18.7. The van der Waals surface area contributed by atoms with Crippen molar-refractivity contribution in [2.45, 2.75) is 52.5 Å². The van der Waals surface area contributed by atoms with Crippen molar-refractivity contribution >= 4 is 11.9 Å². The number of nitrogens with zero attached hydrogens (tertiary/aromatic N) is 1. The molecule has 0 atom stereocenters. The van der Waals surface area contributed by atoms with E-state index in [1.54, 1.807) is 0 Å². The molecule has 5 nitrogen and oxygen atoms in total. The van der Waals surface area contributed by atoms with Crippen molar-refractivity contribution in [1.82, 2.24) is 9.88 Å². The summed E-state index contributed by atoms with van der Waals surface area (Å²) < 4.78 is 7.26. The summed E-state index contributed by atoms with van der Waals surface area (Å²) in [5, 5.41) is 2.93. The fourth-order valence-corrected chi connectivity index (χ4v) is 3.61. The van der Waals surface area contributed by atoms with Crippen LogP contribution in [0.1, 0.15) is 53.0 Å². The second-order valence-electron chi connectivity index (χ2n) is 7.08. The van der Waals surface area contributed by atoms with Gasteiger partial charge in [-0.1, -0.05) is 30.5 Å². The average Bonchev–Trinajstić information content (AvgIpc) is 3.22. The first-order valence-electron chi connectivity index (χ1n) is 9.18. The van der Waals surface area contributed by atoms with Crippen LogP contribution in [0.25, 0.3) is 5.69 Å². The highest BCUT2D eigenvalue weighted by atomic mass is 16.5. The summed E-state index contributed by atoms with van der Waals surface area (Å²) in [5.41, 5.74) is 4.45. The second-order valence-corrected chi connectivity index (χ2v) is 7.08. The zero-order valence-corrected chi connectivity index (χ0v) is 15.7. The molecule has 26 heavy (non-hydrogen) atoms. The topological polar surface area (TPSA) is 60.3 Å². The highest BCUT2D eigenvalue weighted by Crippen LogP contribution is 2.22. The average molecular weight is 354 g/mol. The van der Waals surface area contributed by atoms with Crippen LogP contribution in [0.3, 0.4) is 0 Å². The van der Waals surface area contributed by atoms with Crippen LogP contribution < -0.4 is 5.32 Å². The number of aromatic nitrogens is 1. The quantitative estimate of drug-likeness (QED) is 0.834. The monoisotopic (exact) mass is 354 g/mol. The number of aryl methyl sites for hydroxylation is 2. The first-order valence-corrected chi connectivity index (χ1v) is 9.18. The minimum absolute atomic E-state index is 0.224. The highest BCUT2D eigenvalue weighted by molar-refractivity contribution is 5.93. The van der Waals surface area contributed by atoms with Gasteiger partial charge in [-0.2, -0.15) is 0 Å². The van der Waals surface area contributed by atoms with E-state index >= 15 is 0 Å². The summed E-state index contributed by atoms with van der Waals surface area (Å²) in [6, 6.07) is 10.2. The van der Waals surface area contributed by atoms with Gasteiger partial charge in [0.1, 0.15) is 0 Å². The second kappa shape index (κ2) is 7.77. The summed E-state index contributed by atoms with van der Waals surface area (Å²) >= 11 is 0. The minimum Gasteiger partial charge on any atom is -0.452 e. The van der Waals surface area contributed by atoms with E-state index in [0.29, 0.717) is 5.56 Å². The molecular formula is C21H26N2O3. The van der Waals surface area contributed by atoms with Crippen molar-refractivity contribution < 1.29 is 14.3 Å². The summed E-state index contributed by atoms with van der Waals surface area (Å²) in [7, 11) is 0. The molecule has 1 aliphatic carbocycles. The van der Waals surface area contributed by atoms with Crippen LogP contribution in [0.5, 0.6) is 0 Å². The van der Waals surface area contributed by atoms with Gasteiger partial charge in [-0.25, -0.2) is 4.79 Å². The Hall–Kier alpha value is -2.56. The van der Waals surface area contributed by atoms with Crippen LogP contribution in [-0.4, -0.2) is 29.1 Å². The van der Waals surface area contributed by atoms with Crippen LogP contribution in [0.15, 0.2) is 30.3 Å². The van der Waals surface area contributed by atoms with E-state index < -0.39 is 5.97 Å². The van der Waals surface area contributed by atoms with Gasteiger partial charge in [0.05, 0.1) is 5.56 Å². The molecule has 0 spiro atoms. The Morgan fingerprint density at radius 1 is 1.12 bits per heavy atom. The van der Waals surface area contributed by atoms with Crippen LogP contribution in [-0.2, 0) is 9.53 Å². The van der Waals surface area contributed by atoms with Crippen molar-refractivity contribution in [2.75, 3.05) is 6.61 Å². The molecule has 0 saturated heterocycles. The van der Waals surface area contributed by atoms with Gasteiger partial charge in [-0.3, -0.25) is 4.79 Å². The van der Waals surface area contributed by atoms with Gasteiger partial charge in [-0.05, 0) is 51.8 Å². The molecule has 0 radical (unpaired) electrons. The van der Waals surface area contributed by atoms with Gasteiger partial charge in [0.2, 0.25) is 0 Å². The molecule has 3 rings (SSSR count). The number of carbonyl (C=O) groups excluding carboxylic acids is 2. The van der Waals surface area contributed by atoms with Gasteiger partial charge < -0.3 is 14.6 Å². The van der Waals surface area contributed by atoms with E-state index in [-0.39, 0.29) is 18.6 Å². The number of rotatable bonds is 5. The van der Waals surface area contributed by atoms with E-state index in [1.165, 1.54) is 5.56 Å². The lowest BCUT2D eigenvalue weighted by Crippen LogP contribution is -2.35. The third kappa shape index (κ3) is 3.98. The van der Waals surface area contributed by atoms with Crippen molar-refractivity contribution in [3.8, 4) is 5.69 Å². The van der Waals surface area contributed by atoms with E-state index in [2.05, 4.69) is 5.32 Å². The molecule has 1 saturated carbocycles. The van der Waals surface area contributed by atoms with Crippen molar-refractivity contribution in [1.29, 1.82) is 0 Å². The molecule has 0 bridgehead atoms. The molecule has 2 aromatic rings. The Balaban J connectivity index is 1.67. The van der Waals surface area contributed by atoms with Gasteiger partial charge in [-0.15, -0.1) is 0 Å². The lowest BCUT2D eigenvalue weighted by atomic mass is 10.2. The number of ether oxygens (including phenoxy) is 1. The van der Waals surface area contributed by atoms with Crippen molar-refractivity contribution in [3.05, 3.63) is 52.8 Å². The lowest BCUT2D eigenvalue weighted by Gasteiger charge is -2.12. The van der Waals surface area contributed by atoms with E-state index in [4.69, 9.17) is 4.74 Å². The molecule has 1 aliphatic rings. The van der Waals surface area contributed by atoms with Crippen LogP contribution in [0.4, 0.5) is 0 Å². The molecule has 1 heterocycles. The van der Waals surface area contributed by atoms with Gasteiger partial charge >= 0.3 is 5.97 Å². The number of benzene rings is 1. The first kappa shape index (κ1) is 18.2. The lowest BCUT2D eigenvalue weighted by molar-refractivity contribution is -0.124. The molecule has 1 N–H and O–H groups in total. The Labute approximate surface area is 154 Å². The number of hydrogen-bond acceptors (Lipinski definition) is 3. The standard InChI is InChI=1S/C21H26N2O3/c1-14-8-10-18(11-9-14)23-15(2)12-19(16(23)3)21(25)26-13-20(24)22-17-6-4-5-7-17/h8-12,17H,4-7,13H2,1-3H3,(H,22,24). The summed E-state index contributed by atoms with van der Waals surface area (Å²) in [5.74, 6) is -0.685. The maximum atomic E-state index is 12.4. The Kier molecular flexibility index (Phi) is 5.45. The van der Waals surface area contributed by atoms with Gasteiger partial charge in [0.15, 0.2) is 6.61 Å². The number of esters is 1. The third-order valence-corrected chi connectivity index (χ3v) is 5.00. The normalized spacial score (nSPS) is 14.4. The maximum Gasteiger partial charge on any atom is 0.340 e. The maximum absolute atomic E-state index is 12.4. The van der Waals surface area contributed by atoms with Gasteiger partial charge in [0, 0.05) is 23.1 Å². The van der Waals surface area contributed by atoms with E-state index in [0.717, 1.165) is 42.8 Å². The predicted octanol–water partition coefficient (Wildman–Crippen LogP) is 3.62. The summed E-state index contributed by atoms with van der Waals surface area (Å²) in [6.45, 7) is 5.65. The summed E-state index contributed by atoms with van der Waals surface area (Å²) in [6.07, 6.45) is 4.32. The molecule has 0 unspecified atom stereocenters. The molecule has 1 fully saturated rings. The highest BCUT2D eigenvalue weighted by Gasteiger charge is 2.21. The SMILES string of the molecule is Cc1ccc(-n2c(C)cc(C(=O)OCC(=O)NC3CCCC3)c2C)cc1. The molecular weight excluding hydrogens is 328 g/mol. The molecule has 1 amide bonds. The largest absolute Gasteiger partial charge is 0.452 e. The first-order chi connectivity index (χ1) is 12.5. The smallest absolute Gasteiger partial charge is 0.340 e. The molecule has 1 aromatic heterocycles. The Bertz CT molecular complexity index is 799. The number of carbonyl (C=O) groups is 2. The Morgan fingerprint density at radius 3 is 2.42 bits per heavy atom. The van der Waals surface area contributed by atoms with Gasteiger partial charge in [0.25, 0.3) is 5.91 Å². The number of amides is 1. The Morgan fingerprint density at radius 2 is 1.77 bits per heavy atom. The minimum atomic E-state index is -0.460. The molecule has 0 aliphatic heterocycles. The van der Waals surface area contributed by atoms with Crippen LogP contribution >= 0.6 is 0 Å². The third-order valence-electron chi connectivity index (χ3n) is 5.00. The van der Waals surface area contributed by atoms with Crippen LogP contribution in [0.2, 0.25) is 0 Å². The zero-order valence-electron chi connectivity index (χ0n) is 15.7. The fourth-order valence-electron chi connectivity index (χ4n) is 3.61. The van der Waals surface area contributed by atoms with Crippen molar-refractivity contribution in [3.63, 3.8) is 0 Å². The summed E-state index contributed by atoms with van der Waals surface area (Å²) in [4.78, 5) is 24.4. The van der Waals surface area contributed by atoms with E-state index in [9.17, 15) is 9.59 Å². The van der Waals surface area contributed by atoms with E-state index in [1.807, 2.05) is 55.7 Å².